The third-order valence-corrected chi connectivity index (χ3v) is 1.42. The minimum Gasteiger partial charge on any atom is -0.151 e. The predicted octanol–water partition coefficient (Wildman–Crippen LogP) is 1.84. The van der Waals surface area contributed by atoms with Crippen LogP contribution in [0.4, 0.5) is 0 Å². The van der Waals surface area contributed by atoms with Crippen LogP contribution in [0.25, 0.3) is 0 Å². The molecule has 38 valence electrons. The lowest BCUT2D eigenvalue weighted by Gasteiger charge is -2.09. The molecule has 0 N–H and O–H groups in total. The summed E-state index contributed by atoms with van der Waals surface area (Å²) in [7, 11) is 0. The molecule has 0 nitrogen and oxygen atoms in total. The largest absolute Gasteiger partial charge is 0.151 e. The Bertz CT molecular complexity index is 35.8. The maximum absolute atomic E-state index is 3.98. The van der Waals surface area contributed by atoms with Crippen LogP contribution in [-0.4, -0.2) is 3.41 Å². The molecule has 6 heavy (non-hydrogen) atoms. The summed E-state index contributed by atoms with van der Waals surface area (Å²) < 4.78 is -0.375. The van der Waals surface area contributed by atoms with Crippen LogP contribution in [0, 0.1) is 0 Å². The lowest BCUT2D eigenvalue weighted by Crippen LogP contribution is -1.96. The lowest BCUT2D eigenvalue weighted by atomic mass is 10.6. The number of hydrogen-bond donors (Lipinski definition) is 3. The SMILES string of the molecule is CCC(S)(S)S. The van der Waals surface area contributed by atoms with Gasteiger partial charge in [0.2, 0.25) is 0 Å². The number of thiol groups is 3. The second kappa shape index (κ2) is 2.38. The van der Waals surface area contributed by atoms with E-state index in [1.807, 2.05) is 6.92 Å². The Balaban J connectivity index is 3.17. The van der Waals surface area contributed by atoms with E-state index in [2.05, 4.69) is 37.9 Å². The minimum atomic E-state index is -0.375. The van der Waals surface area contributed by atoms with Crippen LogP contribution in [0.5, 0.6) is 0 Å². The molecule has 0 saturated heterocycles. The fraction of sp³-hybridized carbons (Fsp3) is 1.00. The molecule has 0 bridgehead atoms. The van der Waals surface area contributed by atoms with Crippen LogP contribution >= 0.6 is 37.9 Å². The second-order valence-electron chi connectivity index (χ2n) is 1.13. The van der Waals surface area contributed by atoms with Crippen LogP contribution in [-0.2, 0) is 0 Å². The third-order valence-electron chi connectivity index (χ3n) is 0.474. The van der Waals surface area contributed by atoms with Gasteiger partial charge in [0.15, 0.2) is 0 Å². The van der Waals surface area contributed by atoms with E-state index in [9.17, 15) is 0 Å². The molecule has 0 fully saturated rings. The standard InChI is InChI=1S/C3H8S3/c1-2-3(4,5)6/h4-6H,2H2,1H3. The molecule has 0 aliphatic carbocycles. The van der Waals surface area contributed by atoms with Crippen molar-refractivity contribution in [2.24, 2.45) is 0 Å². The smallest absolute Gasteiger partial charge is 0.0978 e. The van der Waals surface area contributed by atoms with Crippen molar-refractivity contribution in [3.63, 3.8) is 0 Å². The zero-order chi connectivity index (χ0) is 5.21. The van der Waals surface area contributed by atoms with Gasteiger partial charge in [0.05, 0.1) is 3.41 Å². The molecular weight excluding hydrogens is 132 g/mol. The summed E-state index contributed by atoms with van der Waals surface area (Å²) in [5.41, 5.74) is 0. The van der Waals surface area contributed by atoms with Gasteiger partial charge in [-0.15, -0.1) is 0 Å². The molecule has 0 aliphatic heterocycles. The first-order chi connectivity index (χ1) is 2.56. The van der Waals surface area contributed by atoms with E-state index in [4.69, 9.17) is 0 Å². The van der Waals surface area contributed by atoms with E-state index in [0.717, 1.165) is 6.42 Å². The van der Waals surface area contributed by atoms with Gasteiger partial charge in [0.1, 0.15) is 0 Å². The number of hydrogen-bond acceptors (Lipinski definition) is 3. The highest BCUT2D eigenvalue weighted by atomic mass is 32.2. The molecule has 0 heterocycles. The molecule has 0 aliphatic rings. The Morgan fingerprint density at radius 1 is 1.33 bits per heavy atom. The molecule has 0 aromatic heterocycles. The van der Waals surface area contributed by atoms with E-state index in [0.29, 0.717) is 0 Å². The van der Waals surface area contributed by atoms with Crippen LogP contribution in [0.15, 0.2) is 0 Å². The van der Waals surface area contributed by atoms with Crippen LogP contribution in [0.2, 0.25) is 0 Å². The quantitative estimate of drug-likeness (QED) is 0.359. The Morgan fingerprint density at radius 2 is 1.50 bits per heavy atom. The molecule has 0 aromatic rings. The first-order valence-corrected chi connectivity index (χ1v) is 3.07. The number of rotatable bonds is 1. The minimum absolute atomic E-state index is 0.375. The first kappa shape index (κ1) is 7.05. The average molecular weight is 140 g/mol. The lowest BCUT2D eigenvalue weighted by molar-refractivity contribution is 1.03. The molecule has 0 rings (SSSR count). The topological polar surface area (TPSA) is 0 Å². The van der Waals surface area contributed by atoms with E-state index in [-0.39, 0.29) is 3.41 Å². The zero-order valence-corrected chi connectivity index (χ0v) is 6.23. The monoisotopic (exact) mass is 140 g/mol. The fourth-order valence-electron chi connectivity index (χ4n) is 0. The summed E-state index contributed by atoms with van der Waals surface area (Å²) in [6, 6.07) is 0. The van der Waals surface area contributed by atoms with Gasteiger partial charge >= 0.3 is 0 Å². The van der Waals surface area contributed by atoms with Crippen molar-refractivity contribution in [1.29, 1.82) is 0 Å². The fourth-order valence-corrected chi connectivity index (χ4v) is 0. The van der Waals surface area contributed by atoms with Gasteiger partial charge in [-0.2, -0.15) is 37.9 Å². The van der Waals surface area contributed by atoms with Gasteiger partial charge in [-0.05, 0) is 6.42 Å². The Hall–Kier alpha value is 1.05. The molecule has 0 spiro atoms. The Kier molecular flexibility index (Phi) is 2.80. The molecule has 0 amide bonds. The average Bonchev–Trinajstić information content (AvgIpc) is 1.35. The summed E-state index contributed by atoms with van der Waals surface area (Å²) in [4.78, 5) is 0. The first-order valence-electron chi connectivity index (χ1n) is 1.73. The second-order valence-corrected chi connectivity index (χ2v) is 4.48. The summed E-state index contributed by atoms with van der Waals surface area (Å²) in [5.74, 6) is 0. The van der Waals surface area contributed by atoms with E-state index < -0.39 is 0 Å². The highest BCUT2D eigenvalue weighted by molar-refractivity contribution is 8.16. The van der Waals surface area contributed by atoms with Crippen molar-refractivity contribution in [2.75, 3.05) is 0 Å². The van der Waals surface area contributed by atoms with Crippen LogP contribution < -0.4 is 0 Å². The predicted molar refractivity (Wildman–Crippen MR) is 40.0 cm³/mol. The molecule has 0 atom stereocenters. The van der Waals surface area contributed by atoms with Gasteiger partial charge in [-0.25, -0.2) is 0 Å². The Morgan fingerprint density at radius 3 is 1.50 bits per heavy atom. The molecule has 3 heteroatoms. The summed E-state index contributed by atoms with van der Waals surface area (Å²) in [5, 5.41) is 0. The maximum Gasteiger partial charge on any atom is 0.0978 e. The highest BCUT2D eigenvalue weighted by Gasteiger charge is 2.07. The van der Waals surface area contributed by atoms with Crippen molar-refractivity contribution < 1.29 is 0 Å². The maximum atomic E-state index is 3.98. The van der Waals surface area contributed by atoms with Crippen LogP contribution in [0.3, 0.4) is 0 Å². The van der Waals surface area contributed by atoms with Crippen molar-refractivity contribution >= 4 is 37.9 Å². The van der Waals surface area contributed by atoms with E-state index in [1.54, 1.807) is 0 Å². The van der Waals surface area contributed by atoms with Gasteiger partial charge in [0, 0.05) is 0 Å². The van der Waals surface area contributed by atoms with E-state index in [1.165, 1.54) is 0 Å². The third kappa shape index (κ3) is 5.05. The molecular formula is C3H8S3. The van der Waals surface area contributed by atoms with Gasteiger partial charge in [-0.3, -0.25) is 0 Å². The molecule has 0 unspecified atom stereocenters. The highest BCUT2D eigenvalue weighted by Crippen LogP contribution is 2.26. The molecule has 0 radical (unpaired) electrons. The van der Waals surface area contributed by atoms with Crippen molar-refractivity contribution in [2.45, 2.75) is 16.8 Å². The zero-order valence-electron chi connectivity index (χ0n) is 3.55. The Labute approximate surface area is 54.9 Å². The normalized spacial score (nSPS) is 12.0. The van der Waals surface area contributed by atoms with Gasteiger partial charge in [0.25, 0.3) is 0 Å². The summed E-state index contributed by atoms with van der Waals surface area (Å²) in [6.07, 6.45) is 0.863. The summed E-state index contributed by atoms with van der Waals surface area (Å²) >= 11 is 11.9. The van der Waals surface area contributed by atoms with E-state index >= 15 is 0 Å². The van der Waals surface area contributed by atoms with Crippen LogP contribution in [0.1, 0.15) is 13.3 Å². The van der Waals surface area contributed by atoms with Gasteiger partial charge < -0.3 is 0 Å². The summed E-state index contributed by atoms with van der Waals surface area (Å²) in [6.45, 7) is 1.98. The van der Waals surface area contributed by atoms with Gasteiger partial charge in [-0.1, -0.05) is 6.92 Å². The van der Waals surface area contributed by atoms with Crippen molar-refractivity contribution in [3.8, 4) is 0 Å². The van der Waals surface area contributed by atoms with Crippen molar-refractivity contribution in [3.05, 3.63) is 0 Å². The molecule has 0 saturated carbocycles. The van der Waals surface area contributed by atoms with Crippen molar-refractivity contribution in [1.82, 2.24) is 0 Å². The molecule has 0 aromatic carbocycles.